The Morgan fingerprint density at radius 1 is 1.07 bits per heavy atom. The van der Waals surface area contributed by atoms with Crippen LogP contribution in [-0.4, -0.2) is 21.3 Å². The van der Waals surface area contributed by atoms with Crippen LogP contribution in [0.5, 0.6) is 0 Å². The van der Waals surface area contributed by atoms with Crippen molar-refractivity contribution in [1.29, 1.82) is 0 Å². The molecule has 0 saturated carbocycles. The Kier molecular flexibility index (Phi) is 1.17. The molecule has 3 nitrogen and oxygen atoms in total. The van der Waals surface area contributed by atoms with Gasteiger partial charge in [-0.05, 0) is 13.8 Å². The molecule has 3 rings (SSSR count). The van der Waals surface area contributed by atoms with Gasteiger partial charge in [-0.25, -0.2) is 0 Å². The van der Waals surface area contributed by atoms with Crippen LogP contribution in [0.15, 0.2) is 23.3 Å². The van der Waals surface area contributed by atoms with Crippen molar-refractivity contribution in [2.45, 2.75) is 23.3 Å². The molecule has 0 radical (unpaired) electrons. The van der Waals surface area contributed by atoms with Crippen molar-refractivity contribution >= 4 is 23.6 Å². The number of thioether (sulfide) groups is 1. The Balaban J connectivity index is 2.30. The SMILES string of the molecule is CC12C=CC(C)(S1)C1=C2C(=O)NC1=O. The molecule has 2 atom stereocenters. The van der Waals surface area contributed by atoms with Gasteiger partial charge in [0.25, 0.3) is 11.8 Å². The maximum atomic E-state index is 11.6. The van der Waals surface area contributed by atoms with E-state index in [-0.39, 0.29) is 21.3 Å². The lowest BCUT2D eigenvalue weighted by Crippen LogP contribution is -2.31. The van der Waals surface area contributed by atoms with Gasteiger partial charge in [-0.2, -0.15) is 0 Å². The van der Waals surface area contributed by atoms with Crippen molar-refractivity contribution in [3.05, 3.63) is 23.3 Å². The fraction of sp³-hybridized carbons (Fsp3) is 0.400. The fourth-order valence-corrected chi connectivity index (χ4v) is 4.24. The molecule has 0 aromatic heterocycles. The number of rotatable bonds is 0. The summed E-state index contributed by atoms with van der Waals surface area (Å²) >= 11 is 1.67. The highest BCUT2D eigenvalue weighted by Crippen LogP contribution is 2.61. The van der Waals surface area contributed by atoms with Crippen LogP contribution < -0.4 is 5.32 Å². The second kappa shape index (κ2) is 1.98. The average Bonchev–Trinajstić information content (AvgIpc) is 2.60. The van der Waals surface area contributed by atoms with E-state index in [4.69, 9.17) is 0 Å². The number of imide groups is 1. The maximum Gasteiger partial charge on any atom is 0.256 e. The highest BCUT2D eigenvalue weighted by atomic mass is 32.2. The van der Waals surface area contributed by atoms with Crippen LogP contribution in [-0.2, 0) is 9.59 Å². The highest BCUT2D eigenvalue weighted by Gasteiger charge is 2.59. The first-order chi connectivity index (χ1) is 6.46. The largest absolute Gasteiger partial charge is 0.289 e. The second-order valence-electron chi connectivity index (χ2n) is 4.18. The highest BCUT2D eigenvalue weighted by molar-refractivity contribution is 8.03. The molecule has 0 aromatic carbocycles. The summed E-state index contributed by atoms with van der Waals surface area (Å²) in [5.74, 6) is -0.429. The lowest BCUT2D eigenvalue weighted by molar-refractivity contribution is -0.124. The minimum absolute atomic E-state index is 0.215. The number of fused-ring (bicyclic) bond motifs is 4. The van der Waals surface area contributed by atoms with Crippen LogP contribution in [0.4, 0.5) is 0 Å². The zero-order valence-corrected chi connectivity index (χ0v) is 8.70. The lowest BCUT2D eigenvalue weighted by atomic mass is 9.85. The molecule has 0 spiro atoms. The van der Waals surface area contributed by atoms with Crippen LogP contribution >= 0.6 is 11.8 Å². The van der Waals surface area contributed by atoms with E-state index in [0.29, 0.717) is 11.1 Å². The second-order valence-corrected chi connectivity index (χ2v) is 6.08. The third-order valence-corrected chi connectivity index (χ3v) is 4.60. The number of hydrogen-bond donors (Lipinski definition) is 1. The van der Waals surface area contributed by atoms with Gasteiger partial charge in [-0.1, -0.05) is 12.2 Å². The van der Waals surface area contributed by atoms with Crippen molar-refractivity contribution in [1.82, 2.24) is 5.32 Å². The standard InChI is InChI=1S/C10H9NO2S/c1-9-3-4-10(2,14-9)6-5(9)7(12)11-8(6)13/h3-4H,1-2H3,(H,11,12,13). The van der Waals surface area contributed by atoms with Crippen LogP contribution in [0.3, 0.4) is 0 Å². The molecule has 2 unspecified atom stereocenters. The molecular weight excluding hydrogens is 198 g/mol. The van der Waals surface area contributed by atoms with E-state index in [0.717, 1.165) is 0 Å². The van der Waals surface area contributed by atoms with Crippen LogP contribution in [0, 0.1) is 0 Å². The number of nitrogens with one attached hydrogen (secondary N) is 1. The van der Waals surface area contributed by atoms with E-state index < -0.39 is 0 Å². The summed E-state index contributed by atoms with van der Waals surface area (Å²) in [4.78, 5) is 23.1. The van der Waals surface area contributed by atoms with Gasteiger partial charge in [0, 0.05) is 11.1 Å². The van der Waals surface area contributed by atoms with Gasteiger partial charge in [0.2, 0.25) is 0 Å². The van der Waals surface area contributed by atoms with E-state index >= 15 is 0 Å². The Morgan fingerprint density at radius 2 is 1.50 bits per heavy atom. The molecule has 72 valence electrons. The summed E-state index contributed by atoms with van der Waals surface area (Å²) < 4.78 is -0.583. The Bertz CT molecular complexity index is 413. The number of carbonyl (C=O) groups is 2. The predicted molar refractivity (Wildman–Crippen MR) is 53.7 cm³/mol. The van der Waals surface area contributed by atoms with E-state index in [1.807, 2.05) is 26.0 Å². The lowest BCUT2D eigenvalue weighted by Gasteiger charge is -2.20. The van der Waals surface area contributed by atoms with Crippen molar-refractivity contribution in [2.24, 2.45) is 0 Å². The van der Waals surface area contributed by atoms with E-state index in [9.17, 15) is 9.59 Å². The molecule has 3 aliphatic heterocycles. The molecule has 0 aromatic rings. The topological polar surface area (TPSA) is 46.2 Å². The number of amides is 2. The zero-order valence-electron chi connectivity index (χ0n) is 7.88. The molecular formula is C10H9NO2S. The molecule has 14 heavy (non-hydrogen) atoms. The third kappa shape index (κ3) is 0.683. The monoisotopic (exact) mass is 207 g/mol. The molecule has 2 bridgehead atoms. The molecule has 0 saturated heterocycles. The van der Waals surface area contributed by atoms with Crippen LogP contribution in [0.2, 0.25) is 0 Å². The molecule has 1 N–H and O–H groups in total. The Labute approximate surface area is 85.6 Å². The van der Waals surface area contributed by atoms with Gasteiger partial charge in [-0.15, -0.1) is 11.8 Å². The first kappa shape index (κ1) is 8.29. The average molecular weight is 207 g/mol. The van der Waals surface area contributed by atoms with Crippen molar-refractivity contribution < 1.29 is 9.59 Å². The fourth-order valence-electron chi connectivity index (χ4n) is 2.50. The normalized spacial score (nSPS) is 43.6. The van der Waals surface area contributed by atoms with E-state index in [1.165, 1.54) is 0 Å². The summed E-state index contributed by atoms with van der Waals surface area (Å²) in [6.07, 6.45) is 4.04. The minimum atomic E-state index is -0.291. The first-order valence-electron chi connectivity index (χ1n) is 4.48. The third-order valence-electron chi connectivity index (χ3n) is 3.07. The number of carbonyl (C=O) groups excluding carboxylic acids is 2. The molecule has 2 amide bonds. The van der Waals surface area contributed by atoms with E-state index in [1.54, 1.807) is 11.8 Å². The molecule has 3 aliphatic rings. The van der Waals surface area contributed by atoms with Gasteiger partial charge < -0.3 is 0 Å². The molecule has 0 aliphatic carbocycles. The van der Waals surface area contributed by atoms with Crippen LogP contribution in [0.25, 0.3) is 0 Å². The van der Waals surface area contributed by atoms with Gasteiger partial charge in [0.05, 0.1) is 9.49 Å². The minimum Gasteiger partial charge on any atom is -0.289 e. The van der Waals surface area contributed by atoms with Crippen molar-refractivity contribution in [3.63, 3.8) is 0 Å². The van der Waals surface area contributed by atoms with Crippen molar-refractivity contribution in [3.8, 4) is 0 Å². The van der Waals surface area contributed by atoms with Gasteiger partial charge in [0.15, 0.2) is 0 Å². The van der Waals surface area contributed by atoms with Gasteiger partial charge in [-0.3, -0.25) is 14.9 Å². The maximum absolute atomic E-state index is 11.6. The number of hydrogen-bond acceptors (Lipinski definition) is 3. The zero-order chi connectivity index (χ0) is 10.1. The van der Waals surface area contributed by atoms with Gasteiger partial charge >= 0.3 is 0 Å². The molecule has 0 fully saturated rings. The summed E-state index contributed by atoms with van der Waals surface area (Å²) in [5.41, 5.74) is 1.33. The summed E-state index contributed by atoms with van der Waals surface area (Å²) in [6, 6.07) is 0. The van der Waals surface area contributed by atoms with Crippen molar-refractivity contribution in [2.75, 3.05) is 0 Å². The van der Waals surface area contributed by atoms with Gasteiger partial charge in [0.1, 0.15) is 0 Å². The predicted octanol–water partition coefficient (Wildman–Crippen LogP) is 0.773. The Morgan fingerprint density at radius 3 is 1.93 bits per heavy atom. The summed E-state index contributed by atoms with van der Waals surface area (Å²) in [7, 11) is 0. The summed E-state index contributed by atoms with van der Waals surface area (Å²) in [6.45, 7) is 3.97. The molecule has 4 heteroatoms. The molecule has 3 heterocycles. The first-order valence-corrected chi connectivity index (χ1v) is 5.29. The quantitative estimate of drug-likeness (QED) is 0.471. The summed E-state index contributed by atoms with van der Waals surface area (Å²) in [5, 5.41) is 2.36. The smallest absolute Gasteiger partial charge is 0.256 e. The van der Waals surface area contributed by atoms with E-state index in [2.05, 4.69) is 5.32 Å². The van der Waals surface area contributed by atoms with Crippen LogP contribution in [0.1, 0.15) is 13.8 Å². The Hall–Kier alpha value is -1.03.